The van der Waals surface area contributed by atoms with Gasteiger partial charge in [-0.2, -0.15) is 0 Å². The number of carbonyl (C=O) groups is 1. The van der Waals surface area contributed by atoms with E-state index in [1.165, 1.54) is 24.3 Å². The van der Waals surface area contributed by atoms with Gasteiger partial charge in [0.2, 0.25) is 6.17 Å². The van der Waals surface area contributed by atoms with Crippen LogP contribution in [-0.2, 0) is 4.79 Å². The zero-order valence-electron chi connectivity index (χ0n) is 6.07. The van der Waals surface area contributed by atoms with Gasteiger partial charge in [0, 0.05) is 0 Å². The zero-order chi connectivity index (χ0) is 9.14. The molecule has 12 heavy (non-hydrogen) atoms. The molecule has 1 atom stereocenters. The molecule has 0 aliphatic heterocycles. The summed E-state index contributed by atoms with van der Waals surface area (Å²) in [4.78, 5) is 10.1. The molecule has 0 saturated heterocycles. The molecule has 0 amide bonds. The quantitative estimate of drug-likeness (QED) is 0.706. The van der Waals surface area contributed by atoms with Gasteiger partial charge < -0.3 is 10.2 Å². The highest BCUT2D eigenvalue weighted by atomic mass is 19.1. The standard InChI is InChI=1S/C8H7FO3/c9-7(8(11)12)5-1-3-6(10)4-2-5/h1-4,7,10H,(H,11,12). The summed E-state index contributed by atoms with van der Waals surface area (Å²) in [6.45, 7) is 0. The lowest BCUT2D eigenvalue weighted by atomic mass is 10.1. The Morgan fingerprint density at radius 1 is 1.33 bits per heavy atom. The second-order valence-electron chi connectivity index (χ2n) is 2.29. The predicted molar refractivity (Wildman–Crippen MR) is 39.6 cm³/mol. The number of phenols is 1. The fraction of sp³-hybridized carbons (Fsp3) is 0.125. The van der Waals surface area contributed by atoms with Gasteiger partial charge in [0.1, 0.15) is 5.75 Å². The van der Waals surface area contributed by atoms with Crippen LogP contribution in [0.25, 0.3) is 0 Å². The van der Waals surface area contributed by atoms with Crippen LogP contribution in [0.2, 0.25) is 0 Å². The largest absolute Gasteiger partial charge is 0.508 e. The lowest BCUT2D eigenvalue weighted by Gasteiger charge is -2.01. The van der Waals surface area contributed by atoms with E-state index in [1.807, 2.05) is 0 Å². The number of aromatic hydroxyl groups is 1. The number of rotatable bonds is 2. The normalized spacial score (nSPS) is 12.4. The average molecular weight is 170 g/mol. The number of carboxylic acid groups (broad SMARTS) is 1. The monoisotopic (exact) mass is 170 g/mol. The van der Waals surface area contributed by atoms with Crippen molar-refractivity contribution < 1.29 is 19.4 Å². The van der Waals surface area contributed by atoms with Crippen LogP contribution in [0.4, 0.5) is 4.39 Å². The molecule has 0 spiro atoms. The molecule has 0 fully saturated rings. The summed E-state index contributed by atoms with van der Waals surface area (Å²) in [5, 5.41) is 17.1. The third-order valence-corrected chi connectivity index (χ3v) is 1.40. The highest BCUT2D eigenvalue weighted by Gasteiger charge is 2.17. The van der Waals surface area contributed by atoms with Crippen molar-refractivity contribution in [3.8, 4) is 5.75 Å². The maximum Gasteiger partial charge on any atom is 0.343 e. The van der Waals surface area contributed by atoms with Crippen LogP contribution in [0.3, 0.4) is 0 Å². The van der Waals surface area contributed by atoms with Crippen LogP contribution in [-0.4, -0.2) is 16.2 Å². The van der Waals surface area contributed by atoms with Crippen molar-refractivity contribution in [1.82, 2.24) is 0 Å². The SMILES string of the molecule is O=C(O)C(F)c1ccc(O)cc1. The van der Waals surface area contributed by atoms with E-state index in [0.717, 1.165) is 0 Å². The summed E-state index contributed by atoms with van der Waals surface area (Å²) in [6, 6.07) is 4.94. The Morgan fingerprint density at radius 2 is 1.83 bits per heavy atom. The molecule has 2 N–H and O–H groups in total. The molecule has 1 aromatic rings. The van der Waals surface area contributed by atoms with Gasteiger partial charge in [0.15, 0.2) is 0 Å². The summed E-state index contributed by atoms with van der Waals surface area (Å²) in [6.07, 6.45) is -2.02. The molecular formula is C8H7FO3. The number of alkyl halides is 1. The van der Waals surface area contributed by atoms with Gasteiger partial charge in [-0.25, -0.2) is 9.18 Å². The maximum atomic E-state index is 12.7. The molecule has 1 aromatic carbocycles. The van der Waals surface area contributed by atoms with Crippen LogP contribution >= 0.6 is 0 Å². The minimum Gasteiger partial charge on any atom is -0.508 e. The number of carboxylic acids is 1. The van der Waals surface area contributed by atoms with Crippen molar-refractivity contribution >= 4 is 5.97 Å². The van der Waals surface area contributed by atoms with Gasteiger partial charge in [-0.15, -0.1) is 0 Å². The van der Waals surface area contributed by atoms with E-state index in [2.05, 4.69) is 0 Å². The fourth-order valence-corrected chi connectivity index (χ4v) is 0.786. The van der Waals surface area contributed by atoms with E-state index in [4.69, 9.17) is 10.2 Å². The molecule has 0 aliphatic rings. The van der Waals surface area contributed by atoms with Crippen LogP contribution in [0.5, 0.6) is 5.75 Å². The Morgan fingerprint density at radius 3 is 2.25 bits per heavy atom. The molecule has 0 radical (unpaired) electrons. The summed E-state index contributed by atoms with van der Waals surface area (Å²) in [5.41, 5.74) is 0.0281. The summed E-state index contributed by atoms with van der Waals surface area (Å²) < 4.78 is 12.7. The molecular weight excluding hydrogens is 163 g/mol. The second kappa shape index (κ2) is 3.21. The first-order valence-electron chi connectivity index (χ1n) is 3.27. The van der Waals surface area contributed by atoms with E-state index in [-0.39, 0.29) is 11.3 Å². The summed E-state index contributed by atoms with van der Waals surface area (Å²) in [5.74, 6) is -1.54. The minimum atomic E-state index is -2.02. The molecule has 4 heteroatoms. The van der Waals surface area contributed by atoms with Crippen LogP contribution in [0.1, 0.15) is 11.7 Å². The smallest absolute Gasteiger partial charge is 0.343 e. The van der Waals surface area contributed by atoms with Crippen molar-refractivity contribution in [3.63, 3.8) is 0 Å². The third kappa shape index (κ3) is 1.72. The molecule has 0 bridgehead atoms. The number of halogens is 1. The lowest BCUT2D eigenvalue weighted by molar-refractivity contribution is -0.143. The molecule has 0 saturated carbocycles. The maximum absolute atomic E-state index is 12.7. The highest BCUT2D eigenvalue weighted by Crippen LogP contribution is 2.19. The fourth-order valence-electron chi connectivity index (χ4n) is 0.786. The topological polar surface area (TPSA) is 57.5 Å². The van der Waals surface area contributed by atoms with Crippen molar-refractivity contribution in [2.24, 2.45) is 0 Å². The molecule has 0 aliphatic carbocycles. The first-order valence-corrected chi connectivity index (χ1v) is 3.27. The van der Waals surface area contributed by atoms with E-state index in [9.17, 15) is 9.18 Å². The Kier molecular flexibility index (Phi) is 2.28. The van der Waals surface area contributed by atoms with Crippen molar-refractivity contribution in [3.05, 3.63) is 29.8 Å². The average Bonchev–Trinajstić information content (AvgIpc) is 2.04. The first-order chi connectivity index (χ1) is 5.61. The molecule has 3 nitrogen and oxygen atoms in total. The Labute approximate surface area is 68.1 Å². The van der Waals surface area contributed by atoms with Crippen molar-refractivity contribution in [1.29, 1.82) is 0 Å². The first kappa shape index (κ1) is 8.52. The number of hydrogen-bond acceptors (Lipinski definition) is 2. The van der Waals surface area contributed by atoms with Gasteiger partial charge in [0.05, 0.1) is 0 Å². The molecule has 64 valence electrons. The molecule has 0 aromatic heterocycles. The number of hydrogen-bond donors (Lipinski definition) is 2. The lowest BCUT2D eigenvalue weighted by Crippen LogP contribution is -2.05. The van der Waals surface area contributed by atoms with Crippen molar-refractivity contribution in [2.75, 3.05) is 0 Å². The number of phenolic OH excluding ortho intramolecular Hbond substituents is 1. The molecule has 1 unspecified atom stereocenters. The van der Waals surface area contributed by atoms with E-state index in [1.54, 1.807) is 0 Å². The predicted octanol–water partition coefficient (Wildman–Crippen LogP) is 1.49. The summed E-state index contributed by atoms with van der Waals surface area (Å²) >= 11 is 0. The minimum absolute atomic E-state index is 0.0173. The third-order valence-electron chi connectivity index (χ3n) is 1.40. The Bertz CT molecular complexity index is 281. The highest BCUT2D eigenvalue weighted by molar-refractivity contribution is 5.74. The van der Waals surface area contributed by atoms with E-state index >= 15 is 0 Å². The van der Waals surface area contributed by atoms with Crippen LogP contribution in [0.15, 0.2) is 24.3 Å². The van der Waals surface area contributed by atoms with Crippen LogP contribution < -0.4 is 0 Å². The number of aliphatic carboxylic acids is 1. The van der Waals surface area contributed by atoms with Crippen molar-refractivity contribution in [2.45, 2.75) is 6.17 Å². The Hall–Kier alpha value is -1.58. The van der Waals surface area contributed by atoms with Gasteiger partial charge >= 0.3 is 5.97 Å². The van der Waals surface area contributed by atoms with E-state index in [0.29, 0.717) is 0 Å². The second-order valence-corrected chi connectivity index (χ2v) is 2.29. The molecule has 0 heterocycles. The Balaban J connectivity index is 2.89. The number of benzene rings is 1. The zero-order valence-corrected chi connectivity index (χ0v) is 6.07. The van der Waals surface area contributed by atoms with Gasteiger partial charge in [-0.05, 0) is 17.7 Å². The van der Waals surface area contributed by atoms with E-state index < -0.39 is 12.1 Å². The molecule has 1 rings (SSSR count). The van der Waals surface area contributed by atoms with Gasteiger partial charge in [0.25, 0.3) is 0 Å². The summed E-state index contributed by atoms with van der Waals surface area (Å²) in [7, 11) is 0. The van der Waals surface area contributed by atoms with Crippen LogP contribution in [0, 0.1) is 0 Å². The van der Waals surface area contributed by atoms with Gasteiger partial charge in [-0.3, -0.25) is 0 Å². The van der Waals surface area contributed by atoms with Gasteiger partial charge in [-0.1, -0.05) is 12.1 Å².